The Morgan fingerprint density at radius 3 is 2.58 bits per heavy atom. The molecule has 1 N–H and O–H groups in total. The maximum Gasteiger partial charge on any atom is 0.350 e. The molecule has 3 aromatic heterocycles. The van der Waals surface area contributed by atoms with Gasteiger partial charge in [-0.25, -0.2) is 27.6 Å². The predicted octanol–water partition coefficient (Wildman–Crippen LogP) is 1.14. The number of hydrogen-bond donors (Lipinski definition) is 1. The van der Waals surface area contributed by atoms with Crippen LogP contribution in [0.5, 0.6) is 0 Å². The van der Waals surface area contributed by atoms with Gasteiger partial charge in [-0.1, -0.05) is 0 Å². The number of aliphatic hydroxyl groups is 1. The van der Waals surface area contributed by atoms with E-state index in [1.165, 1.54) is 6.26 Å². The van der Waals surface area contributed by atoms with Gasteiger partial charge in [0.2, 0.25) is 5.95 Å². The molecule has 0 bridgehead atoms. The maximum atomic E-state index is 14.0. The zero-order chi connectivity index (χ0) is 27.2. The molecule has 2 fully saturated rings. The van der Waals surface area contributed by atoms with Crippen LogP contribution in [0, 0.1) is 5.92 Å². The lowest BCUT2D eigenvalue weighted by molar-refractivity contribution is 0.0611. The SMILES string of the molecule is CC(C)n1c(=O)nc(N2CC(CS(C)(=O)=O)C2)c2cnc(Cc3ccnc(N4CC[C@@H](O)[C@H](F)C4)n3)cc21. The first-order valence-corrected chi connectivity index (χ1v) is 14.8. The van der Waals surface area contributed by atoms with Crippen LogP contribution in [0.2, 0.25) is 0 Å². The van der Waals surface area contributed by atoms with Crippen LogP contribution >= 0.6 is 0 Å². The van der Waals surface area contributed by atoms with Crippen LogP contribution in [0.1, 0.15) is 37.7 Å². The third kappa shape index (κ3) is 5.48. The molecule has 2 atom stereocenters. The van der Waals surface area contributed by atoms with E-state index >= 15 is 0 Å². The summed E-state index contributed by atoms with van der Waals surface area (Å²) in [5.74, 6) is 1.04. The molecule has 13 heteroatoms. The zero-order valence-corrected chi connectivity index (χ0v) is 22.5. The van der Waals surface area contributed by atoms with Gasteiger partial charge >= 0.3 is 5.69 Å². The smallest absolute Gasteiger partial charge is 0.350 e. The van der Waals surface area contributed by atoms with Crippen molar-refractivity contribution in [3.05, 3.63) is 46.4 Å². The molecule has 0 aromatic carbocycles. The van der Waals surface area contributed by atoms with Gasteiger partial charge in [0.15, 0.2) is 0 Å². The van der Waals surface area contributed by atoms with Gasteiger partial charge in [0.25, 0.3) is 0 Å². The van der Waals surface area contributed by atoms with Gasteiger partial charge in [-0.05, 0) is 32.4 Å². The minimum Gasteiger partial charge on any atom is -0.390 e. The van der Waals surface area contributed by atoms with Crippen LogP contribution < -0.4 is 15.5 Å². The third-order valence-electron chi connectivity index (χ3n) is 7.01. The standard InChI is InChI=1S/C25H32FN7O4S/c1-15(2)33-21-9-18(8-17-4-6-27-24(29-17)31-7-5-22(34)20(26)13-31)28-10-19(21)23(30-25(33)35)32-11-16(12-32)14-38(3,36)37/h4,6,9-10,15-16,20,22,34H,5,7-8,11-14H2,1-3H3/t20-,22-/m1/s1. The zero-order valence-electron chi connectivity index (χ0n) is 21.7. The summed E-state index contributed by atoms with van der Waals surface area (Å²) in [6.07, 6.45) is 2.95. The summed E-state index contributed by atoms with van der Waals surface area (Å²) >= 11 is 0. The van der Waals surface area contributed by atoms with Crippen molar-refractivity contribution in [3.63, 3.8) is 0 Å². The molecular weight excluding hydrogens is 513 g/mol. The summed E-state index contributed by atoms with van der Waals surface area (Å²) in [6, 6.07) is 3.51. The summed E-state index contributed by atoms with van der Waals surface area (Å²) in [6.45, 7) is 5.36. The third-order valence-corrected chi connectivity index (χ3v) is 8.09. The fourth-order valence-electron chi connectivity index (χ4n) is 5.17. The molecule has 2 aliphatic rings. The summed E-state index contributed by atoms with van der Waals surface area (Å²) in [4.78, 5) is 34.5. The number of piperidine rings is 1. The molecule has 0 aliphatic carbocycles. The first kappa shape index (κ1) is 26.4. The molecule has 11 nitrogen and oxygen atoms in total. The quantitative estimate of drug-likeness (QED) is 0.461. The molecule has 38 heavy (non-hydrogen) atoms. The van der Waals surface area contributed by atoms with E-state index in [9.17, 15) is 22.7 Å². The number of anilines is 2. The highest BCUT2D eigenvalue weighted by Crippen LogP contribution is 2.30. The van der Waals surface area contributed by atoms with Crippen molar-refractivity contribution in [3.8, 4) is 0 Å². The second-order valence-corrected chi connectivity index (χ2v) is 12.8. The van der Waals surface area contributed by atoms with Gasteiger partial charge in [-0.15, -0.1) is 0 Å². The van der Waals surface area contributed by atoms with Crippen LogP contribution in [0.25, 0.3) is 10.9 Å². The Balaban J connectivity index is 1.43. The molecule has 5 heterocycles. The minimum absolute atomic E-state index is 0.00409. The van der Waals surface area contributed by atoms with Crippen molar-refractivity contribution >= 4 is 32.5 Å². The number of hydrogen-bond acceptors (Lipinski definition) is 10. The first-order chi connectivity index (χ1) is 18.0. The number of rotatable bonds is 7. The largest absolute Gasteiger partial charge is 0.390 e. The van der Waals surface area contributed by atoms with Crippen molar-refractivity contribution in [2.75, 3.05) is 48.0 Å². The number of aromatic nitrogens is 5. The van der Waals surface area contributed by atoms with E-state index in [1.807, 2.05) is 24.8 Å². The molecule has 2 saturated heterocycles. The summed E-state index contributed by atoms with van der Waals surface area (Å²) in [7, 11) is -3.08. The lowest BCUT2D eigenvalue weighted by Gasteiger charge is -2.40. The Morgan fingerprint density at radius 2 is 1.89 bits per heavy atom. The van der Waals surface area contributed by atoms with E-state index in [0.717, 1.165) is 5.39 Å². The average Bonchev–Trinajstić information content (AvgIpc) is 2.81. The molecule has 0 amide bonds. The Morgan fingerprint density at radius 1 is 1.13 bits per heavy atom. The van der Waals surface area contributed by atoms with E-state index in [0.29, 0.717) is 61.1 Å². The van der Waals surface area contributed by atoms with Crippen LogP contribution in [0.15, 0.2) is 29.3 Å². The van der Waals surface area contributed by atoms with E-state index in [1.54, 1.807) is 27.9 Å². The average molecular weight is 546 g/mol. The Kier molecular flexibility index (Phi) is 7.07. The highest BCUT2D eigenvalue weighted by Gasteiger charge is 2.32. The molecule has 0 unspecified atom stereocenters. The van der Waals surface area contributed by atoms with Crippen molar-refractivity contribution in [1.82, 2.24) is 24.5 Å². The summed E-state index contributed by atoms with van der Waals surface area (Å²) in [5.41, 5.74) is 1.72. The summed E-state index contributed by atoms with van der Waals surface area (Å²) in [5, 5.41) is 10.4. The second-order valence-electron chi connectivity index (χ2n) is 10.6. The molecule has 0 spiro atoms. The van der Waals surface area contributed by atoms with Gasteiger partial charge in [-0.3, -0.25) is 9.55 Å². The topological polar surface area (TPSA) is 134 Å². The van der Waals surface area contributed by atoms with Crippen LogP contribution in [-0.2, 0) is 16.3 Å². The normalized spacial score (nSPS) is 20.8. The Labute approximate surface area is 220 Å². The van der Waals surface area contributed by atoms with E-state index in [-0.39, 0.29) is 29.9 Å². The molecule has 204 valence electrons. The number of fused-ring (bicyclic) bond motifs is 1. The van der Waals surface area contributed by atoms with E-state index < -0.39 is 22.1 Å². The predicted molar refractivity (Wildman–Crippen MR) is 142 cm³/mol. The molecule has 0 saturated carbocycles. The highest BCUT2D eigenvalue weighted by molar-refractivity contribution is 7.90. The van der Waals surface area contributed by atoms with Gasteiger partial charge in [0, 0.05) is 62.4 Å². The van der Waals surface area contributed by atoms with Gasteiger partial charge < -0.3 is 14.9 Å². The second kappa shape index (κ2) is 10.2. The fourth-order valence-corrected chi connectivity index (χ4v) is 6.24. The molecule has 5 rings (SSSR count). The fraction of sp³-hybridized carbons (Fsp3) is 0.560. The molecule has 0 radical (unpaired) electrons. The number of nitrogens with zero attached hydrogens (tertiary/aromatic N) is 7. The van der Waals surface area contributed by atoms with Crippen LogP contribution in [0.4, 0.5) is 16.2 Å². The van der Waals surface area contributed by atoms with E-state index in [2.05, 4.69) is 19.9 Å². The molecule has 3 aromatic rings. The number of alkyl halides is 1. The number of aliphatic hydroxyl groups excluding tert-OH is 1. The van der Waals surface area contributed by atoms with E-state index in [4.69, 9.17) is 0 Å². The number of sulfone groups is 1. The Hall–Kier alpha value is -3.19. The van der Waals surface area contributed by atoms with Crippen molar-refractivity contribution in [2.45, 2.75) is 45.0 Å². The summed E-state index contributed by atoms with van der Waals surface area (Å²) < 4.78 is 39.0. The molecule has 2 aliphatic heterocycles. The first-order valence-electron chi connectivity index (χ1n) is 12.7. The highest BCUT2D eigenvalue weighted by atomic mass is 32.2. The molecular formula is C25H32FN7O4S. The number of halogens is 1. The number of pyridine rings is 1. The maximum absolute atomic E-state index is 14.0. The Bertz CT molecular complexity index is 1510. The van der Waals surface area contributed by atoms with Crippen molar-refractivity contribution in [2.24, 2.45) is 5.92 Å². The minimum atomic E-state index is -3.08. The monoisotopic (exact) mass is 545 g/mol. The lowest BCUT2D eigenvalue weighted by atomic mass is 10.0. The van der Waals surface area contributed by atoms with Crippen LogP contribution in [0.3, 0.4) is 0 Å². The van der Waals surface area contributed by atoms with Crippen molar-refractivity contribution < 1.29 is 17.9 Å². The van der Waals surface area contributed by atoms with Crippen LogP contribution in [-0.4, -0.2) is 88.5 Å². The van der Waals surface area contributed by atoms with Crippen molar-refractivity contribution in [1.29, 1.82) is 0 Å². The van der Waals surface area contributed by atoms with Gasteiger partial charge in [0.1, 0.15) is 21.8 Å². The van der Waals surface area contributed by atoms with Gasteiger partial charge in [0.05, 0.1) is 35.0 Å². The lowest BCUT2D eigenvalue weighted by Crippen LogP contribution is -2.50. The van der Waals surface area contributed by atoms with Gasteiger partial charge in [-0.2, -0.15) is 4.98 Å².